The van der Waals surface area contributed by atoms with Crippen LogP contribution in [0.5, 0.6) is 0 Å². The number of hydrogen-bond donors (Lipinski definition) is 1. The van der Waals surface area contributed by atoms with Gasteiger partial charge in [0.1, 0.15) is 12.6 Å². The number of para-hydroxylation sites is 1. The van der Waals surface area contributed by atoms with Crippen molar-refractivity contribution in [2.24, 2.45) is 0 Å². The monoisotopic (exact) mass is 382 g/mol. The van der Waals surface area contributed by atoms with Gasteiger partial charge in [-0.2, -0.15) is 10.1 Å². The van der Waals surface area contributed by atoms with E-state index in [1.807, 2.05) is 30.3 Å². The molecule has 0 saturated heterocycles. The molecule has 0 bridgehead atoms. The van der Waals surface area contributed by atoms with Crippen molar-refractivity contribution in [3.8, 4) is 17.5 Å². The van der Waals surface area contributed by atoms with Crippen LogP contribution in [0.2, 0.25) is 0 Å². The fourth-order valence-corrected chi connectivity index (χ4v) is 2.53. The first-order valence-electron chi connectivity index (χ1n) is 6.99. The van der Waals surface area contributed by atoms with Crippen LogP contribution in [0.15, 0.2) is 53.0 Å². The Morgan fingerprint density at radius 2 is 1.96 bits per heavy atom. The molecule has 3 rings (SSSR count). The van der Waals surface area contributed by atoms with Crippen LogP contribution in [-0.4, -0.2) is 26.1 Å². The molecule has 0 radical (unpaired) electrons. The maximum Gasteiger partial charge on any atom is 0.248 e. The highest BCUT2D eigenvalue weighted by Gasteiger charge is 2.12. The Morgan fingerprint density at radius 1 is 1.21 bits per heavy atom. The Labute approximate surface area is 146 Å². The Balaban J connectivity index is 1.72. The standard InChI is InChI=1S/C16H11BrN6O/c17-13-7-3-2-6-12(13)16-20-22-23(21-16)10-15(24)19-14-8-4-1-5-11(14)9-18/h1-8H,10H2,(H,19,24). The molecule has 0 unspecified atom stereocenters. The second kappa shape index (κ2) is 7.02. The van der Waals surface area contributed by atoms with Gasteiger partial charge in [0.05, 0.1) is 11.3 Å². The fourth-order valence-electron chi connectivity index (χ4n) is 2.07. The van der Waals surface area contributed by atoms with Crippen molar-refractivity contribution >= 4 is 27.5 Å². The first-order chi connectivity index (χ1) is 11.7. The van der Waals surface area contributed by atoms with Gasteiger partial charge in [0.2, 0.25) is 11.7 Å². The Bertz CT molecular complexity index is 930. The highest BCUT2D eigenvalue weighted by atomic mass is 79.9. The van der Waals surface area contributed by atoms with E-state index in [1.165, 1.54) is 4.80 Å². The van der Waals surface area contributed by atoms with Gasteiger partial charge in [-0.05, 0) is 29.5 Å². The lowest BCUT2D eigenvalue weighted by atomic mass is 10.2. The molecule has 1 aromatic heterocycles. The van der Waals surface area contributed by atoms with Crippen LogP contribution < -0.4 is 5.32 Å². The zero-order valence-corrected chi connectivity index (χ0v) is 13.9. The quantitative estimate of drug-likeness (QED) is 0.747. The van der Waals surface area contributed by atoms with E-state index in [-0.39, 0.29) is 12.5 Å². The number of nitrogens with zero attached hydrogens (tertiary/aromatic N) is 5. The minimum Gasteiger partial charge on any atom is -0.323 e. The number of rotatable bonds is 4. The van der Waals surface area contributed by atoms with Crippen molar-refractivity contribution in [2.45, 2.75) is 6.54 Å². The second-order valence-electron chi connectivity index (χ2n) is 4.83. The van der Waals surface area contributed by atoms with E-state index in [4.69, 9.17) is 5.26 Å². The van der Waals surface area contributed by atoms with E-state index in [2.05, 4.69) is 36.7 Å². The molecule has 1 N–H and O–H groups in total. The zero-order chi connectivity index (χ0) is 16.9. The summed E-state index contributed by atoms with van der Waals surface area (Å²) < 4.78 is 0.844. The van der Waals surface area contributed by atoms with E-state index in [1.54, 1.807) is 24.3 Å². The number of aromatic nitrogens is 4. The third-order valence-corrected chi connectivity index (χ3v) is 3.87. The Morgan fingerprint density at radius 3 is 2.75 bits per heavy atom. The average Bonchev–Trinajstić information content (AvgIpc) is 3.04. The van der Waals surface area contributed by atoms with Gasteiger partial charge < -0.3 is 5.32 Å². The molecule has 1 amide bonds. The third-order valence-electron chi connectivity index (χ3n) is 3.17. The maximum absolute atomic E-state index is 12.1. The molecule has 0 aliphatic heterocycles. The summed E-state index contributed by atoms with van der Waals surface area (Å²) in [5.41, 5.74) is 1.64. The van der Waals surface area contributed by atoms with E-state index < -0.39 is 0 Å². The van der Waals surface area contributed by atoms with Gasteiger partial charge in [-0.1, -0.05) is 40.2 Å². The van der Waals surface area contributed by atoms with Crippen LogP contribution in [0, 0.1) is 11.3 Å². The number of halogens is 1. The highest BCUT2D eigenvalue weighted by molar-refractivity contribution is 9.10. The molecule has 1 heterocycles. The Kier molecular flexibility index (Phi) is 4.63. The van der Waals surface area contributed by atoms with Crippen molar-refractivity contribution in [3.05, 3.63) is 58.6 Å². The highest BCUT2D eigenvalue weighted by Crippen LogP contribution is 2.24. The normalized spacial score (nSPS) is 10.2. The smallest absolute Gasteiger partial charge is 0.248 e. The van der Waals surface area contributed by atoms with E-state index >= 15 is 0 Å². The summed E-state index contributed by atoms with van der Waals surface area (Å²) in [5, 5.41) is 23.8. The second-order valence-corrected chi connectivity index (χ2v) is 5.68. The number of carbonyl (C=O) groups is 1. The molecule has 0 aliphatic carbocycles. The fraction of sp³-hybridized carbons (Fsp3) is 0.0625. The van der Waals surface area contributed by atoms with Crippen LogP contribution >= 0.6 is 15.9 Å². The first-order valence-corrected chi connectivity index (χ1v) is 7.78. The van der Waals surface area contributed by atoms with Crippen LogP contribution in [0.1, 0.15) is 5.56 Å². The van der Waals surface area contributed by atoms with Crippen LogP contribution in [-0.2, 0) is 11.3 Å². The minimum absolute atomic E-state index is 0.1000. The lowest BCUT2D eigenvalue weighted by Gasteiger charge is -2.05. The molecular weight excluding hydrogens is 372 g/mol. The Hall–Kier alpha value is -3.05. The molecule has 2 aromatic carbocycles. The number of hydrogen-bond acceptors (Lipinski definition) is 5. The van der Waals surface area contributed by atoms with Crippen molar-refractivity contribution in [1.82, 2.24) is 20.2 Å². The molecule has 24 heavy (non-hydrogen) atoms. The lowest BCUT2D eigenvalue weighted by Crippen LogP contribution is -2.21. The summed E-state index contributed by atoms with van der Waals surface area (Å²) in [6.45, 7) is -0.1000. The van der Waals surface area contributed by atoms with Crippen LogP contribution in [0.4, 0.5) is 5.69 Å². The summed E-state index contributed by atoms with van der Waals surface area (Å²) >= 11 is 3.43. The van der Waals surface area contributed by atoms with Gasteiger partial charge in [0.25, 0.3) is 0 Å². The zero-order valence-electron chi connectivity index (χ0n) is 12.3. The van der Waals surface area contributed by atoms with Crippen molar-refractivity contribution in [3.63, 3.8) is 0 Å². The van der Waals surface area contributed by atoms with E-state index in [0.717, 1.165) is 10.0 Å². The van der Waals surface area contributed by atoms with Gasteiger partial charge in [0.15, 0.2) is 0 Å². The molecule has 0 aliphatic rings. The van der Waals surface area contributed by atoms with Gasteiger partial charge in [0, 0.05) is 10.0 Å². The van der Waals surface area contributed by atoms with Gasteiger partial charge in [-0.15, -0.1) is 10.2 Å². The third kappa shape index (κ3) is 3.47. The molecule has 7 nitrogen and oxygen atoms in total. The first kappa shape index (κ1) is 15.8. The number of anilines is 1. The molecule has 0 spiro atoms. The van der Waals surface area contributed by atoms with E-state index in [0.29, 0.717) is 17.1 Å². The molecule has 0 atom stereocenters. The van der Waals surface area contributed by atoms with Crippen LogP contribution in [0.3, 0.4) is 0 Å². The molecule has 0 fully saturated rings. The SMILES string of the molecule is N#Cc1ccccc1NC(=O)Cn1nnc(-c2ccccc2Br)n1. The predicted molar refractivity (Wildman–Crippen MR) is 90.7 cm³/mol. The summed E-state index contributed by atoms with van der Waals surface area (Å²) in [6.07, 6.45) is 0. The molecular formula is C16H11BrN6O. The van der Waals surface area contributed by atoms with E-state index in [9.17, 15) is 4.79 Å². The minimum atomic E-state index is -0.339. The number of benzene rings is 2. The van der Waals surface area contributed by atoms with Gasteiger partial charge in [-0.3, -0.25) is 4.79 Å². The molecule has 3 aromatic rings. The summed E-state index contributed by atoms with van der Waals surface area (Å²) in [7, 11) is 0. The average molecular weight is 383 g/mol. The maximum atomic E-state index is 12.1. The predicted octanol–water partition coefficient (Wildman–Crippen LogP) is 2.61. The number of amides is 1. The van der Waals surface area contributed by atoms with Crippen molar-refractivity contribution in [1.29, 1.82) is 5.26 Å². The summed E-state index contributed by atoms with van der Waals surface area (Å²) in [5.74, 6) is 0.0847. The summed E-state index contributed by atoms with van der Waals surface area (Å²) in [6, 6.07) is 16.3. The number of tetrazole rings is 1. The topological polar surface area (TPSA) is 96.5 Å². The van der Waals surface area contributed by atoms with Crippen LogP contribution in [0.25, 0.3) is 11.4 Å². The summed E-state index contributed by atoms with van der Waals surface area (Å²) in [4.78, 5) is 13.3. The number of nitrogens with one attached hydrogen (secondary N) is 1. The number of nitriles is 1. The van der Waals surface area contributed by atoms with Crippen molar-refractivity contribution < 1.29 is 4.79 Å². The molecule has 118 valence electrons. The molecule has 8 heteroatoms. The number of carbonyl (C=O) groups excluding carboxylic acids is 1. The van der Waals surface area contributed by atoms with Gasteiger partial charge >= 0.3 is 0 Å². The lowest BCUT2D eigenvalue weighted by molar-refractivity contribution is -0.117. The largest absolute Gasteiger partial charge is 0.323 e. The molecule has 0 saturated carbocycles. The van der Waals surface area contributed by atoms with Gasteiger partial charge in [-0.25, -0.2) is 0 Å². The van der Waals surface area contributed by atoms with Crippen molar-refractivity contribution in [2.75, 3.05) is 5.32 Å².